The third-order valence-electron chi connectivity index (χ3n) is 3.18. The largest absolute Gasteiger partial charge is 0.294 e. The monoisotopic (exact) mass is 282 g/mol. The molecule has 0 aliphatic heterocycles. The van der Waals surface area contributed by atoms with Gasteiger partial charge in [-0.3, -0.25) is 4.55 Å². The van der Waals surface area contributed by atoms with Crippen LogP contribution in [0.2, 0.25) is 0 Å². The van der Waals surface area contributed by atoms with Gasteiger partial charge in [-0.25, -0.2) is 0 Å². The molecule has 0 spiro atoms. The highest BCUT2D eigenvalue weighted by atomic mass is 32.2. The number of allylic oxidation sites excluding steroid dienone is 2. The van der Waals surface area contributed by atoms with Gasteiger partial charge < -0.3 is 0 Å². The first-order chi connectivity index (χ1) is 8.62. The summed E-state index contributed by atoms with van der Waals surface area (Å²) in [5, 5.41) is 0. The molecule has 0 heterocycles. The second kappa shape index (κ2) is 5.88. The third kappa shape index (κ3) is 4.18. The molecule has 1 N–H and O–H groups in total. The van der Waals surface area contributed by atoms with Gasteiger partial charge in [-0.05, 0) is 42.5 Å². The molecule has 1 aromatic carbocycles. The molecule has 0 radical (unpaired) electrons. The van der Waals surface area contributed by atoms with E-state index in [4.69, 9.17) is 0 Å². The molecule has 0 saturated heterocycles. The third-order valence-corrected chi connectivity index (χ3v) is 4.09. The molecule has 0 amide bonds. The first-order valence-electron chi connectivity index (χ1n) is 6.40. The van der Waals surface area contributed by atoms with E-state index in [1.54, 1.807) is 6.07 Å². The average Bonchev–Trinajstić information content (AvgIpc) is 2.27. The molecule has 0 fully saturated rings. The standard InChI is InChI=1S/C15H22O3S/c1-10(2)6-7-11(3)14-8-12(4)13(5)9-15(14)19(16,17)18/h6-11H,1-5H3,(H,16,17,18). The molecule has 106 valence electrons. The summed E-state index contributed by atoms with van der Waals surface area (Å²) in [5.74, 6) is 0.349. The van der Waals surface area contributed by atoms with Crippen molar-refractivity contribution in [1.29, 1.82) is 0 Å². The zero-order valence-corrected chi connectivity index (χ0v) is 13.0. The molecular weight excluding hydrogens is 260 g/mol. The summed E-state index contributed by atoms with van der Waals surface area (Å²) in [6, 6.07) is 3.38. The predicted octanol–water partition coefficient (Wildman–Crippen LogP) is 3.87. The van der Waals surface area contributed by atoms with Crippen molar-refractivity contribution >= 4 is 10.1 Å². The summed E-state index contributed by atoms with van der Waals surface area (Å²) < 4.78 is 32.3. The van der Waals surface area contributed by atoms with Crippen molar-refractivity contribution in [2.75, 3.05) is 0 Å². The van der Waals surface area contributed by atoms with Gasteiger partial charge in [-0.2, -0.15) is 8.42 Å². The van der Waals surface area contributed by atoms with Gasteiger partial charge in [0.15, 0.2) is 0 Å². The topological polar surface area (TPSA) is 54.4 Å². The van der Waals surface area contributed by atoms with Crippen molar-refractivity contribution in [1.82, 2.24) is 0 Å². The highest BCUT2D eigenvalue weighted by molar-refractivity contribution is 7.85. The molecule has 0 saturated carbocycles. The van der Waals surface area contributed by atoms with Crippen molar-refractivity contribution in [3.05, 3.63) is 41.0 Å². The van der Waals surface area contributed by atoms with Crippen LogP contribution in [0.4, 0.5) is 0 Å². The Hall–Kier alpha value is -1.13. The van der Waals surface area contributed by atoms with E-state index >= 15 is 0 Å². The van der Waals surface area contributed by atoms with Crippen molar-refractivity contribution in [3.8, 4) is 0 Å². The Morgan fingerprint density at radius 2 is 1.58 bits per heavy atom. The van der Waals surface area contributed by atoms with E-state index < -0.39 is 10.1 Å². The number of benzene rings is 1. The minimum absolute atomic E-state index is 0.0107. The maximum Gasteiger partial charge on any atom is 0.294 e. The zero-order valence-electron chi connectivity index (χ0n) is 12.1. The van der Waals surface area contributed by atoms with E-state index in [1.165, 1.54) is 0 Å². The molecular formula is C15H22O3S. The fourth-order valence-corrected chi connectivity index (χ4v) is 2.75. The summed E-state index contributed by atoms with van der Waals surface area (Å²) in [6.45, 7) is 9.83. The van der Waals surface area contributed by atoms with Gasteiger partial charge >= 0.3 is 0 Å². The van der Waals surface area contributed by atoms with Crippen molar-refractivity contribution < 1.29 is 13.0 Å². The summed E-state index contributed by atoms with van der Waals surface area (Å²) in [4.78, 5) is 0.0107. The summed E-state index contributed by atoms with van der Waals surface area (Å²) in [7, 11) is -4.19. The SMILES string of the molecule is Cc1cc(C(C)C=CC(C)C)c(S(=O)(=O)O)cc1C. The van der Waals surface area contributed by atoms with Crippen LogP contribution in [0.25, 0.3) is 0 Å². The van der Waals surface area contributed by atoms with E-state index in [9.17, 15) is 13.0 Å². The molecule has 0 bridgehead atoms. The minimum Gasteiger partial charge on any atom is -0.282 e. The molecule has 0 aromatic heterocycles. The summed E-state index contributed by atoms with van der Waals surface area (Å²) in [5.41, 5.74) is 2.52. The van der Waals surface area contributed by atoms with E-state index in [0.29, 0.717) is 11.5 Å². The van der Waals surface area contributed by atoms with Crippen LogP contribution in [0, 0.1) is 19.8 Å². The molecule has 4 heteroatoms. The van der Waals surface area contributed by atoms with Gasteiger partial charge in [0, 0.05) is 5.92 Å². The summed E-state index contributed by atoms with van der Waals surface area (Å²) in [6.07, 6.45) is 4.01. The molecule has 1 aromatic rings. The Balaban J connectivity index is 3.37. The maximum atomic E-state index is 11.5. The molecule has 3 nitrogen and oxygen atoms in total. The van der Waals surface area contributed by atoms with Crippen molar-refractivity contribution in [3.63, 3.8) is 0 Å². The first-order valence-corrected chi connectivity index (χ1v) is 7.84. The molecule has 1 rings (SSSR count). The van der Waals surface area contributed by atoms with Crippen molar-refractivity contribution in [2.45, 2.75) is 45.4 Å². The highest BCUT2D eigenvalue weighted by Crippen LogP contribution is 2.28. The quantitative estimate of drug-likeness (QED) is 0.674. The van der Waals surface area contributed by atoms with E-state index in [1.807, 2.05) is 39.0 Å². The number of hydrogen-bond donors (Lipinski definition) is 1. The fraction of sp³-hybridized carbons (Fsp3) is 0.467. The van der Waals surface area contributed by atoms with Crippen LogP contribution in [0.5, 0.6) is 0 Å². The van der Waals surface area contributed by atoms with E-state index in [0.717, 1.165) is 11.1 Å². The van der Waals surface area contributed by atoms with E-state index in [2.05, 4.69) is 13.8 Å². The molecule has 0 aliphatic rings. The number of rotatable bonds is 4. The van der Waals surface area contributed by atoms with Gasteiger partial charge in [0.25, 0.3) is 10.1 Å². The zero-order chi connectivity index (χ0) is 14.8. The van der Waals surface area contributed by atoms with Crippen LogP contribution in [0.1, 0.15) is 43.4 Å². The Labute approximate surface area is 116 Å². The van der Waals surface area contributed by atoms with Gasteiger partial charge in [0.1, 0.15) is 0 Å². The highest BCUT2D eigenvalue weighted by Gasteiger charge is 2.19. The lowest BCUT2D eigenvalue weighted by molar-refractivity contribution is 0.481. The van der Waals surface area contributed by atoms with Crippen LogP contribution in [0.3, 0.4) is 0 Å². The summed E-state index contributed by atoms with van der Waals surface area (Å²) >= 11 is 0. The predicted molar refractivity (Wildman–Crippen MR) is 78.1 cm³/mol. The Bertz CT molecular complexity index is 584. The van der Waals surface area contributed by atoms with Crippen LogP contribution < -0.4 is 0 Å². The lowest BCUT2D eigenvalue weighted by Crippen LogP contribution is -2.06. The Morgan fingerprint density at radius 1 is 1.05 bits per heavy atom. The second-order valence-corrected chi connectivity index (χ2v) is 6.76. The van der Waals surface area contributed by atoms with E-state index in [-0.39, 0.29) is 10.8 Å². The lowest BCUT2D eigenvalue weighted by atomic mass is 9.95. The minimum atomic E-state index is -4.19. The normalized spacial score (nSPS) is 14.3. The second-order valence-electron chi connectivity index (χ2n) is 5.37. The van der Waals surface area contributed by atoms with Crippen molar-refractivity contribution in [2.24, 2.45) is 5.92 Å². The smallest absolute Gasteiger partial charge is 0.282 e. The van der Waals surface area contributed by atoms with Crippen LogP contribution in [0.15, 0.2) is 29.2 Å². The van der Waals surface area contributed by atoms with Crippen LogP contribution >= 0.6 is 0 Å². The fourth-order valence-electron chi connectivity index (χ4n) is 1.88. The van der Waals surface area contributed by atoms with Gasteiger partial charge in [0.05, 0.1) is 4.90 Å². The molecule has 1 unspecified atom stereocenters. The maximum absolute atomic E-state index is 11.5. The Morgan fingerprint density at radius 3 is 2.05 bits per heavy atom. The average molecular weight is 282 g/mol. The molecule has 19 heavy (non-hydrogen) atoms. The molecule has 1 atom stereocenters. The number of hydrogen-bond acceptors (Lipinski definition) is 2. The van der Waals surface area contributed by atoms with Gasteiger partial charge in [-0.15, -0.1) is 0 Å². The number of aryl methyl sites for hydroxylation is 2. The lowest BCUT2D eigenvalue weighted by Gasteiger charge is -2.15. The first kappa shape index (κ1) is 15.9. The van der Waals surface area contributed by atoms with Crippen LogP contribution in [-0.4, -0.2) is 13.0 Å². The molecule has 0 aliphatic carbocycles. The Kier molecular flexibility index (Phi) is 4.93. The van der Waals surface area contributed by atoms with Gasteiger partial charge in [-0.1, -0.05) is 39.0 Å². The van der Waals surface area contributed by atoms with Crippen LogP contribution in [-0.2, 0) is 10.1 Å². The van der Waals surface area contributed by atoms with Gasteiger partial charge in [0.2, 0.25) is 0 Å².